The monoisotopic (exact) mass is 327 g/mol. The normalized spacial score (nSPS) is 10.7. The van der Waals surface area contributed by atoms with E-state index in [0.29, 0.717) is 6.61 Å². The lowest BCUT2D eigenvalue weighted by Crippen LogP contribution is -1.97. The van der Waals surface area contributed by atoms with Gasteiger partial charge < -0.3 is 10.5 Å². The van der Waals surface area contributed by atoms with Gasteiger partial charge in [0, 0.05) is 15.5 Å². The van der Waals surface area contributed by atoms with Gasteiger partial charge >= 0.3 is 0 Å². The van der Waals surface area contributed by atoms with Crippen LogP contribution in [0.3, 0.4) is 0 Å². The van der Waals surface area contributed by atoms with Crippen LogP contribution in [-0.2, 0) is 6.61 Å². The van der Waals surface area contributed by atoms with Gasteiger partial charge in [0.25, 0.3) is 0 Å². The Balaban J connectivity index is 1.85. The number of hydrogen-bond donors (Lipinski definition) is 1. The van der Waals surface area contributed by atoms with Gasteiger partial charge in [0.1, 0.15) is 12.4 Å². The van der Waals surface area contributed by atoms with Gasteiger partial charge in [-0.05, 0) is 45.1 Å². The van der Waals surface area contributed by atoms with Crippen LogP contribution in [0.1, 0.15) is 5.56 Å². The highest BCUT2D eigenvalue weighted by Crippen LogP contribution is 2.26. The number of hydrogen-bond acceptors (Lipinski definition) is 2. The molecule has 0 bridgehead atoms. The summed E-state index contributed by atoms with van der Waals surface area (Å²) in [5.74, 6) is 0.893. The van der Waals surface area contributed by atoms with E-state index in [1.54, 1.807) is 0 Å². The molecule has 0 fully saturated rings. The molecular weight excluding hydrogens is 314 g/mol. The number of anilines is 1. The van der Waals surface area contributed by atoms with E-state index in [1.807, 2.05) is 42.5 Å². The fraction of sp³-hybridized carbons (Fsp3) is 0.0588. The summed E-state index contributed by atoms with van der Waals surface area (Å²) in [6.45, 7) is 0.505. The number of fused-ring (bicyclic) bond motifs is 1. The zero-order valence-electron chi connectivity index (χ0n) is 10.8. The SMILES string of the molecule is Nc1cc(COc2cccc3ccccc23)ccc1Br. The highest BCUT2D eigenvalue weighted by Gasteiger charge is 2.03. The minimum absolute atomic E-state index is 0.505. The molecule has 0 aliphatic rings. The van der Waals surface area contributed by atoms with Crippen molar-refractivity contribution in [2.45, 2.75) is 6.61 Å². The van der Waals surface area contributed by atoms with Crippen molar-refractivity contribution in [3.05, 3.63) is 70.7 Å². The van der Waals surface area contributed by atoms with Crippen LogP contribution in [-0.4, -0.2) is 0 Å². The van der Waals surface area contributed by atoms with E-state index in [0.717, 1.165) is 26.9 Å². The lowest BCUT2D eigenvalue weighted by Gasteiger charge is -2.10. The Morgan fingerprint density at radius 3 is 2.60 bits per heavy atom. The van der Waals surface area contributed by atoms with Crippen LogP contribution in [0, 0.1) is 0 Å². The van der Waals surface area contributed by atoms with Crippen molar-refractivity contribution in [2.24, 2.45) is 0 Å². The standard InChI is InChI=1S/C17H14BrNO/c18-15-9-8-12(10-16(15)19)11-20-17-7-3-5-13-4-1-2-6-14(13)17/h1-10H,11,19H2. The molecule has 0 aliphatic heterocycles. The number of nitrogens with two attached hydrogens (primary N) is 1. The predicted molar refractivity (Wildman–Crippen MR) is 86.8 cm³/mol. The molecule has 0 saturated carbocycles. The van der Waals surface area contributed by atoms with Gasteiger partial charge in [-0.15, -0.1) is 0 Å². The summed E-state index contributed by atoms with van der Waals surface area (Å²) in [5.41, 5.74) is 7.66. The van der Waals surface area contributed by atoms with Crippen molar-refractivity contribution in [3.63, 3.8) is 0 Å². The van der Waals surface area contributed by atoms with E-state index in [9.17, 15) is 0 Å². The highest BCUT2D eigenvalue weighted by atomic mass is 79.9. The van der Waals surface area contributed by atoms with Gasteiger partial charge in [-0.1, -0.05) is 42.5 Å². The molecule has 0 atom stereocenters. The molecule has 3 rings (SSSR count). The predicted octanol–water partition coefficient (Wildman–Crippen LogP) is 4.76. The van der Waals surface area contributed by atoms with Gasteiger partial charge in [0.15, 0.2) is 0 Å². The third-order valence-electron chi connectivity index (χ3n) is 3.20. The van der Waals surface area contributed by atoms with Crippen LogP contribution in [0.5, 0.6) is 5.75 Å². The Labute approximate surface area is 126 Å². The summed E-state index contributed by atoms with van der Waals surface area (Å²) >= 11 is 3.39. The largest absolute Gasteiger partial charge is 0.488 e. The average molecular weight is 328 g/mol. The van der Waals surface area contributed by atoms with Gasteiger partial charge in [-0.3, -0.25) is 0 Å². The summed E-state index contributed by atoms with van der Waals surface area (Å²) in [6.07, 6.45) is 0. The number of halogens is 1. The van der Waals surface area contributed by atoms with E-state index in [2.05, 4.69) is 34.1 Å². The van der Waals surface area contributed by atoms with Crippen molar-refractivity contribution in [2.75, 3.05) is 5.73 Å². The summed E-state index contributed by atoms with van der Waals surface area (Å²) in [6, 6.07) is 20.2. The maximum atomic E-state index is 5.93. The minimum atomic E-state index is 0.505. The topological polar surface area (TPSA) is 35.2 Å². The van der Waals surface area contributed by atoms with Crippen LogP contribution < -0.4 is 10.5 Å². The van der Waals surface area contributed by atoms with Crippen LogP contribution in [0.15, 0.2) is 65.1 Å². The molecule has 20 heavy (non-hydrogen) atoms. The van der Waals surface area contributed by atoms with E-state index in [1.165, 1.54) is 5.39 Å². The van der Waals surface area contributed by atoms with Crippen molar-refractivity contribution in [1.29, 1.82) is 0 Å². The first-order valence-electron chi connectivity index (χ1n) is 6.38. The second kappa shape index (κ2) is 5.55. The maximum Gasteiger partial charge on any atom is 0.127 e. The zero-order chi connectivity index (χ0) is 13.9. The molecule has 3 heteroatoms. The molecule has 2 N–H and O–H groups in total. The quantitative estimate of drug-likeness (QED) is 0.703. The maximum absolute atomic E-state index is 5.93. The third-order valence-corrected chi connectivity index (χ3v) is 3.93. The number of rotatable bonds is 3. The fourth-order valence-corrected chi connectivity index (χ4v) is 2.41. The first-order chi connectivity index (χ1) is 9.74. The zero-order valence-corrected chi connectivity index (χ0v) is 12.4. The van der Waals surface area contributed by atoms with Crippen molar-refractivity contribution < 1.29 is 4.74 Å². The Bertz CT molecular complexity index is 750. The number of nitrogen functional groups attached to an aromatic ring is 1. The van der Waals surface area contributed by atoms with Crippen molar-refractivity contribution in [1.82, 2.24) is 0 Å². The van der Waals surface area contributed by atoms with Gasteiger partial charge in [0.2, 0.25) is 0 Å². The lowest BCUT2D eigenvalue weighted by molar-refractivity contribution is 0.310. The molecule has 3 aromatic rings. The first-order valence-corrected chi connectivity index (χ1v) is 7.18. The van der Waals surface area contributed by atoms with Crippen LogP contribution >= 0.6 is 15.9 Å². The Morgan fingerprint density at radius 1 is 0.950 bits per heavy atom. The molecule has 100 valence electrons. The second-order valence-corrected chi connectivity index (χ2v) is 5.48. The molecule has 0 aromatic heterocycles. The van der Waals surface area contributed by atoms with E-state index in [4.69, 9.17) is 10.5 Å². The minimum Gasteiger partial charge on any atom is -0.488 e. The molecule has 0 spiro atoms. The average Bonchev–Trinajstić information content (AvgIpc) is 2.48. The van der Waals surface area contributed by atoms with E-state index < -0.39 is 0 Å². The van der Waals surface area contributed by atoms with Crippen molar-refractivity contribution in [3.8, 4) is 5.75 Å². The molecule has 0 radical (unpaired) electrons. The van der Waals surface area contributed by atoms with Crippen LogP contribution in [0.25, 0.3) is 10.8 Å². The summed E-state index contributed by atoms with van der Waals surface area (Å²) in [7, 11) is 0. The summed E-state index contributed by atoms with van der Waals surface area (Å²) < 4.78 is 6.84. The molecule has 0 saturated heterocycles. The Hall–Kier alpha value is -2.00. The molecule has 0 aliphatic carbocycles. The fourth-order valence-electron chi connectivity index (χ4n) is 2.17. The molecular formula is C17H14BrNO. The van der Waals surface area contributed by atoms with E-state index >= 15 is 0 Å². The number of ether oxygens (including phenoxy) is 1. The van der Waals surface area contributed by atoms with Crippen molar-refractivity contribution >= 4 is 32.4 Å². The highest BCUT2D eigenvalue weighted by molar-refractivity contribution is 9.10. The van der Waals surface area contributed by atoms with E-state index in [-0.39, 0.29) is 0 Å². The smallest absolute Gasteiger partial charge is 0.127 e. The van der Waals surface area contributed by atoms with Gasteiger partial charge in [-0.25, -0.2) is 0 Å². The summed E-state index contributed by atoms with van der Waals surface area (Å²) in [5, 5.41) is 2.31. The lowest BCUT2D eigenvalue weighted by atomic mass is 10.1. The molecule has 0 heterocycles. The first kappa shape index (κ1) is 13.0. The van der Waals surface area contributed by atoms with Crippen LogP contribution in [0.2, 0.25) is 0 Å². The number of benzene rings is 3. The molecule has 2 nitrogen and oxygen atoms in total. The molecule has 3 aromatic carbocycles. The molecule has 0 amide bonds. The Morgan fingerprint density at radius 2 is 1.75 bits per heavy atom. The molecule has 0 unspecified atom stereocenters. The van der Waals surface area contributed by atoms with Gasteiger partial charge in [-0.2, -0.15) is 0 Å². The summed E-state index contributed by atoms with van der Waals surface area (Å²) in [4.78, 5) is 0. The second-order valence-electron chi connectivity index (χ2n) is 4.62. The Kier molecular flexibility index (Phi) is 3.61. The van der Waals surface area contributed by atoms with Gasteiger partial charge in [0.05, 0.1) is 0 Å². The van der Waals surface area contributed by atoms with Crippen LogP contribution in [0.4, 0.5) is 5.69 Å². The third kappa shape index (κ3) is 2.63.